The molecule has 0 N–H and O–H groups in total. The number of aryl methyl sites for hydroxylation is 1. The molecular weight excluding hydrogens is 282 g/mol. The van der Waals surface area contributed by atoms with E-state index >= 15 is 0 Å². The second-order valence-electron chi connectivity index (χ2n) is 5.56. The zero-order valence-electron chi connectivity index (χ0n) is 12.8. The number of imidazole rings is 1. The Morgan fingerprint density at radius 1 is 1.45 bits per heavy atom. The molecule has 1 fully saturated rings. The van der Waals surface area contributed by atoms with Crippen LogP contribution < -0.4 is 0 Å². The van der Waals surface area contributed by atoms with E-state index in [0.29, 0.717) is 25.2 Å². The third kappa shape index (κ3) is 2.56. The molecule has 1 saturated heterocycles. The van der Waals surface area contributed by atoms with Crippen molar-refractivity contribution in [2.75, 3.05) is 19.7 Å². The number of rotatable bonds is 4. The molecule has 3 heterocycles. The Bertz CT molecular complexity index is 722. The summed E-state index contributed by atoms with van der Waals surface area (Å²) in [6.45, 7) is 5.41. The Hall–Kier alpha value is -2.37. The maximum atomic E-state index is 12.3. The van der Waals surface area contributed by atoms with Crippen LogP contribution in [-0.4, -0.2) is 45.9 Å². The number of amides is 1. The minimum atomic E-state index is -0.431. The van der Waals surface area contributed by atoms with Gasteiger partial charge in [-0.3, -0.25) is 4.79 Å². The van der Waals surface area contributed by atoms with E-state index in [1.165, 1.54) is 0 Å². The first-order valence-corrected chi connectivity index (χ1v) is 7.48. The number of hydrogen-bond acceptors (Lipinski definition) is 4. The summed E-state index contributed by atoms with van der Waals surface area (Å²) < 4.78 is 7.24. The quantitative estimate of drug-likeness (QED) is 0.806. The van der Waals surface area contributed by atoms with Gasteiger partial charge in [0.15, 0.2) is 5.69 Å². The Labute approximate surface area is 128 Å². The van der Waals surface area contributed by atoms with E-state index in [1.54, 1.807) is 4.90 Å². The second kappa shape index (κ2) is 5.79. The molecule has 3 rings (SSSR count). The normalized spacial score (nSPS) is 18.2. The number of esters is 1. The first kappa shape index (κ1) is 14.6. The van der Waals surface area contributed by atoms with Gasteiger partial charge < -0.3 is 14.0 Å². The molecule has 1 aliphatic heterocycles. The van der Waals surface area contributed by atoms with Gasteiger partial charge in [0.1, 0.15) is 5.82 Å². The van der Waals surface area contributed by atoms with Crippen molar-refractivity contribution in [2.24, 2.45) is 5.92 Å². The first-order chi connectivity index (χ1) is 10.6. The predicted molar refractivity (Wildman–Crippen MR) is 80.6 cm³/mol. The highest BCUT2D eigenvalue weighted by atomic mass is 16.5. The molecule has 1 amide bonds. The fourth-order valence-corrected chi connectivity index (χ4v) is 2.87. The van der Waals surface area contributed by atoms with Gasteiger partial charge in [0.05, 0.1) is 12.1 Å². The van der Waals surface area contributed by atoms with Crippen LogP contribution in [0.25, 0.3) is 5.52 Å². The lowest BCUT2D eigenvalue weighted by Gasteiger charge is -2.13. The van der Waals surface area contributed by atoms with Gasteiger partial charge >= 0.3 is 5.97 Å². The summed E-state index contributed by atoms with van der Waals surface area (Å²) in [5.74, 6) is 0.521. The zero-order valence-corrected chi connectivity index (χ0v) is 12.8. The highest BCUT2D eigenvalue weighted by Crippen LogP contribution is 2.19. The van der Waals surface area contributed by atoms with Gasteiger partial charge in [0.25, 0.3) is 0 Å². The van der Waals surface area contributed by atoms with Gasteiger partial charge in [0.2, 0.25) is 5.91 Å². The summed E-state index contributed by atoms with van der Waals surface area (Å²) in [6.07, 6.45) is 2.31. The molecule has 0 aliphatic carbocycles. The van der Waals surface area contributed by atoms with Crippen LogP contribution in [0.3, 0.4) is 0 Å². The monoisotopic (exact) mass is 301 g/mol. The van der Waals surface area contributed by atoms with Crippen molar-refractivity contribution < 1.29 is 14.3 Å². The molecule has 1 atom stereocenters. The van der Waals surface area contributed by atoms with Gasteiger partial charge in [-0.15, -0.1) is 0 Å². The molecule has 22 heavy (non-hydrogen) atoms. The molecule has 116 valence electrons. The lowest BCUT2D eigenvalue weighted by Crippen LogP contribution is -2.25. The van der Waals surface area contributed by atoms with Gasteiger partial charge in [0, 0.05) is 31.6 Å². The average molecular weight is 301 g/mol. The number of pyridine rings is 1. The minimum absolute atomic E-state index is 0.0753. The molecule has 0 bridgehead atoms. The Kier molecular flexibility index (Phi) is 3.83. The summed E-state index contributed by atoms with van der Waals surface area (Å²) in [6, 6.07) is 5.59. The van der Waals surface area contributed by atoms with E-state index in [1.807, 2.05) is 42.6 Å². The predicted octanol–water partition coefficient (Wildman–Crippen LogP) is 1.67. The summed E-state index contributed by atoms with van der Waals surface area (Å²) in [4.78, 5) is 30.0. The van der Waals surface area contributed by atoms with Crippen molar-refractivity contribution >= 4 is 17.4 Å². The topological polar surface area (TPSA) is 63.9 Å². The third-order valence-electron chi connectivity index (χ3n) is 4.04. The SMILES string of the molecule is CCN1C[C@H](COC(=O)c2nc(C)n3ccccc23)CC1=O. The van der Waals surface area contributed by atoms with Crippen molar-refractivity contribution in [1.82, 2.24) is 14.3 Å². The Morgan fingerprint density at radius 2 is 2.27 bits per heavy atom. The summed E-state index contributed by atoms with van der Waals surface area (Å²) in [7, 11) is 0. The number of fused-ring (bicyclic) bond motifs is 1. The van der Waals surface area contributed by atoms with Gasteiger partial charge in [-0.1, -0.05) is 6.07 Å². The van der Waals surface area contributed by atoms with Crippen molar-refractivity contribution in [3.63, 3.8) is 0 Å². The van der Waals surface area contributed by atoms with Crippen LogP contribution in [0.5, 0.6) is 0 Å². The summed E-state index contributed by atoms with van der Waals surface area (Å²) >= 11 is 0. The van der Waals surface area contributed by atoms with Gasteiger partial charge in [-0.25, -0.2) is 9.78 Å². The largest absolute Gasteiger partial charge is 0.461 e. The zero-order chi connectivity index (χ0) is 15.7. The molecule has 2 aromatic heterocycles. The summed E-state index contributed by atoms with van der Waals surface area (Å²) in [5.41, 5.74) is 1.07. The van der Waals surface area contributed by atoms with Crippen molar-refractivity contribution in [3.05, 3.63) is 35.9 Å². The molecule has 1 aliphatic rings. The lowest BCUT2D eigenvalue weighted by atomic mass is 10.1. The van der Waals surface area contributed by atoms with Crippen molar-refractivity contribution in [1.29, 1.82) is 0 Å². The summed E-state index contributed by atoms with van der Waals surface area (Å²) in [5, 5.41) is 0. The third-order valence-corrected chi connectivity index (χ3v) is 4.04. The minimum Gasteiger partial charge on any atom is -0.461 e. The fraction of sp³-hybridized carbons (Fsp3) is 0.438. The molecule has 0 spiro atoms. The molecule has 0 unspecified atom stereocenters. The van der Waals surface area contributed by atoms with Crippen LogP contribution in [0.15, 0.2) is 24.4 Å². The average Bonchev–Trinajstić information content (AvgIpc) is 3.06. The van der Waals surface area contributed by atoms with Gasteiger partial charge in [-0.2, -0.15) is 0 Å². The van der Waals surface area contributed by atoms with Crippen LogP contribution in [0.4, 0.5) is 0 Å². The lowest BCUT2D eigenvalue weighted by molar-refractivity contribution is -0.127. The number of hydrogen-bond donors (Lipinski definition) is 0. The van der Waals surface area contributed by atoms with E-state index in [2.05, 4.69) is 4.98 Å². The van der Waals surface area contributed by atoms with E-state index in [0.717, 1.165) is 11.3 Å². The van der Waals surface area contributed by atoms with E-state index in [9.17, 15) is 9.59 Å². The highest BCUT2D eigenvalue weighted by Gasteiger charge is 2.29. The molecule has 0 aromatic carbocycles. The van der Waals surface area contributed by atoms with Crippen molar-refractivity contribution in [2.45, 2.75) is 20.3 Å². The number of carbonyl (C=O) groups excluding carboxylic acids is 2. The van der Waals surface area contributed by atoms with E-state index < -0.39 is 5.97 Å². The standard InChI is InChI=1S/C16H19N3O3/c1-3-18-9-12(8-14(18)20)10-22-16(21)15-13-6-4-5-7-19(13)11(2)17-15/h4-7,12H,3,8-10H2,1-2H3/t12-/m1/s1. The smallest absolute Gasteiger partial charge is 0.359 e. The molecule has 6 heteroatoms. The number of carbonyl (C=O) groups is 2. The van der Waals surface area contributed by atoms with Crippen LogP contribution in [0.2, 0.25) is 0 Å². The Balaban J connectivity index is 1.68. The maximum Gasteiger partial charge on any atom is 0.359 e. The number of likely N-dealkylation sites (tertiary alicyclic amines) is 1. The molecule has 0 radical (unpaired) electrons. The van der Waals surface area contributed by atoms with E-state index in [-0.39, 0.29) is 18.4 Å². The van der Waals surface area contributed by atoms with Crippen LogP contribution in [0, 0.1) is 12.8 Å². The second-order valence-corrected chi connectivity index (χ2v) is 5.56. The number of ether oxygens (including phenoxy) is 1. The fourth-order valence-electron chi connectivity index (χ4n) is 2.87. The highest BCUT2D eigenvalue weighted by molar-refractivity contribution is 5.95. The maximum absolute atomic E-state index is 12.3. The molecule has 6 nitrogen and oxygen atoms in total. The molecular formula is C16H19N3O3. The number of aromatic nitrogens is 2. The van der Waals surface area contributed by atoms with Crippen LogP contribution >= 0.6 is 0 Å². The van der Waals surface area contributed by atoms with E-state index in [4.69, 9.17) is 4.74 Å². The van der Waals surface area contributed by atoms with Gasteiger partial charge in [-0.05, 0) is 26.0 Å². The Morgan fingerprint density at radius 3 is 3.00 bits per heavy atom. The first-order valence-electron chi connectivity index (χ1n) is 7.48. The number of nitrogens with zero attached hydrogens (tertiary/aromatic N) is 3. The molecule has 2 aromatic rings. The van der Waals surface area contributed by atoms with Crippen LogP contribution in [0.1, 0.15) is 29.7 Å². The van der Waals surface area contributed by atoms with Crippen LogP contribution in [-0.2, 0) is 9.53 Å². The van der Waals surface area contributed by atoms with Crippen molar-refractivity contribution in [3.8, 4) is 0 Å². The molecule has 0 saturated carbocycles.